The Balaban J connectivity index is 1.54. The summed E-state index contributed by atoms with van der Waals surface area (Å²) in [6.07, 6.45) is 0. The molecule has 0 aromatic heterocycles. The maximum atomic E-state index is 12.4. The molecule has 3 aromatic rings. The van der Waals surface area contributed by atoms with Crippen molar-refractivity contribution in [3.63, 3.8) is 0 Å². The van der Waals surface area contributed by atoms with Gasteiger partial charge in [-0.3, -0.25) is 25.2 Å². The van der Waals surface area contributed by atoms with Crippen LogP contribution in [0, 0.1) is 6.92 Å². The van der Waals surface area contributed by atoms with Gasteiger partial charge in [0, 0.05) is 22.4 Å². The van der Waals surface area contributed by atoms with Gasteiger partial charge in [-0.05, 0) is 74.0 Å². The summed E-state index contributed by atoms with van der Waals surface area (Å²) in [5.74, 6) is -0.481. The van der Waals surface area contributed by atoms with E-state index in [0.29, 0.717) is 34.7 Å². The zero-order valence-corrected chi connectivity index (χ0v) is 17.3. The van der Waals surface area contributed by atoms with Crippen molar-refractivity contribution in [1.82, 2.24) is 10.9 Å². The molecule has 3 rings (SSSR count). The number of hydrogen-bond donors (Lipinski definition) is 3. The average molecular weight is 417 g/mol. The Hall–Kier alpha value is -4.13. The summed E-state index contributed by atoms with van der Waals surface area (Å²) in [6, 6.07) is 20.2. The molecule has 0 saturated carbocycles. The summed E-state index contributed by atoms with van der Waals surface area (Å²) in [4.78, 5) is 36.8. The topological polar surface area (TPSA) is 96.5 Å². The first-order valence-corrected chi connectivity index (χ1v) is 9.78. The Kier molecular flexibility index (Phi) is 7.01. The molecule has 0 fully saturated rings. The van der Waals surface area contributed by atoms with E-state index in [1.54, 1.807) is 60.7 Å². The van der Waals surface area contributed by atoms with Crippen LogP contribution in [0.5, 0.6) is 5.75 Å². The Morgan fingerprint density at radius 3 is 1.84 bits per heavy atom. The van der Waals surface area contributed by atoms with Crippen LogP contribution in [0.15, 0.2) is 72.8 Å². The molecule has 3 N–H and O–H groups in total. The molecule has 0 spiro atoms. The summed E-state index contributed by atoms with van der Waals surface area (Å²) in [5, 5.41) is 2.80. The Labute approximate surface area is 180 Å². The lowest BCUT2D eigenvalue weighted by Crippen LogP contribution is -2.41. The standard InChI is InChI=1S/C24H23N3O4/c1-3-31-20-14-10-18(11-15-20)23(29)27-26-22(28)17-8-12-19(13-9-17)25-24(30)21-7-5-4-6-16(21)2/h4-15H,3H2,1-2H3,(H,25,30)(H,26,28)(H,27,29). The van der Waals surface area contributed by atoms with Gasteiger partial charge in [0.25, 0.3) is 17.7 Å². The minimum atomic E-state index is -0.476. The van der Waals surface area contributed by atoms with Crippen LogP contribution in [0.1, 0.15) is 43.6 Å². The van der Waals surface area contributed by atoms with Crippen LogP contribution in [0.25, 0.3) is 0 Å². The van der Waals surface area contributed by atoms with Crippen LogP contribution >= 0.6 is 0 Å². The SMILES string of the molecule is CCOc1ccc(C(=O)NNC(=O)c2ccc(NC(=O)c3ccccc3C)cc2)cc1. The van der Waals surface area contributed by atoms with Crippen LogP contribution in [0.3, 0.4) is 0 Å². The number of amides is 3. The predicted octanol–water partition coefficient (Wildman–Crippen LogP) is 3.72. The third kappa shape index (κ3) is 5.70. The van der Waals surface area contributed by atoms with E-state index in [0.717, 1.165) is 5.56 Å². The molecule has 0 aliphatic heterocycles. The van der Waals surface area contributed by atoms with Crippen LogP contribution in [-0.4, -0.2) is 24.3 Å². The lowest BCUT2D eigenvalue weighted by atomic mass is 10.1. The number of hydrazine groups is 1. The Morgan fingerprint density at radius 2 is 1.29 bits per heavy atom. The largest absolute Gasteiger partial charge is 0.494 e. The van der Waals surface area contributed by atoms with Gasteiger partial charge in [0.05, 0.1) is 6.61 Å². The van der Waals surface area contributed by atoms with Crippen molar-refractivity contribution in [2.24, 2.45) is 0 Å². The lowest BCUT2D eigenvalue weighted by molar-refractivity contribution is 0.0846. The molecule has 7 heteroatoms. The molecular formula is C24H23N3O4. The predicted molar refractivity (Wildman–Crippen MR) is 118 cm³/mol. The number of aryl methyl sites for hydroxylation is 1. The second-order valence-corrected chi connectivity index (χ2v) is 6.71. The molecule has 3 amide bonds. The van der Waals surface area contributed by atoms with Crippen molar-refractivity contribution in [3.05, 3.63) is 95.1 Å². The number of hydrogen-bond acceptors (Lipinski definition) is 4. The summed E-state index contributed by atoms with van der Waals surface area (Å²) in [7, 11) is 0. The molecule has 0 bridgehead atoms. The van der Waals surface area contributed by atoms with Crippen molar-refractivity contribution < 1.29 is 19.1 Å². The van der Waals surface area contributed by atoms with E-state index in [1.807, 2.05) is 26.0 Å². The number of anilines is 1. The molecular weight excluding hydrogens is 394 g/mol. The van der Waals surface area contributed by atoms with Gasteiger partial charge in [0.1, 0.15) is 5.75 Å². The maximum absolute atomic E-state index is 12.4. The zero-order valence-electron chi connectivity index (χ0n) is 17.3. The molecule has 0 aliphatic carbocycles. The molecule has 0 atom stereocenters. The number of benzene rings is 3. The smallest absolute Gasteiger partial charge is 0.269 e. The summed E-state index contributed by atoms with van der Waals surface area (Å²) in [6.45, 7) is 4.28. The van der Waals surface area contributed by atoms with Crippen molar-refractivity contribution in [1.29, 1.82) is 0 Å². The highest BCUT2D eigenvalue weighted by molar-refractivity contribution is 6.05. The molecule has 3 aromatic carbocycles. The van der Waals surface area contributed by atoms with Gasteiger partial charge < -0.3 is 10.1 Å². The fourth-order valence-electron chi connectivity index (χ4n) is 2.86. The zero-order chi connectivity index (χ0) is 22.2. The Morgan fingerprint density at radius 1 is 0.742 bits per heavy atom. The molecule has 0 saturated heterocycles. The minimum absolute atomic E-state index is 0.224. The van der Waals surface area contributed by atoms with E-state index < -0.39 is 11.8 Å². The number of nitrogens with one attached hydrogen (secondary N) is 3. The monoisotopic (exact) mass is 417 g/mol. The maximum Gasteiger partial charge on any atom is 0.269 e. The van der Waals surface area contributed by atoms with Crippen LogP contribution in [0.2, 0.25) is 0 Å². The van der Waals surface area contributed by atoms with Crippen LogP contribution in [0.4, 0.5) is 5.69 Å². The van der Waals surface area contributed by atoms with E-state index in [1.165, 1.54) is 0 Å². The van der Waals surface area contributed by atoms with Crippen LogP contribution in [-0.2, 0) is 0 Å². The molecule has 158 valence electrons. The van der Waals surface area contributed by atoms with Gasteiger partial charge in [-0.25, -0.2) is 0 Å². The second-order valence-electron chi connectivity index (χ2n) is 6.71. The van der Waals surface area contributed by atoms with Crippen molar-refractivity contribution in [2.45, 2.75) is 13.8 Å². The fraction of sp³-hybridized carbons (Fsp3) is 0.125. The summed E-state index contributed by atoms with van der Waals surface area (Å²) >= 11 is 0. The highest BCUT2D eigenvalue weighted by atomic mass is 16.5. The average Bonchev–Trinajstić information content (AvgIpc) is 2.78. The van der Waals surface area contributed by atoms with Gasteiger partial charge in [0.15, 0.2) is 0 Å². The minimum Gasteiger partial charge on any atom is -0.494 e. The number of ether oxygens (including phenoxy) is 1. The van der Waals surface area contributed by atoms with Gasteiger partial charge in [-0.15, -0.1) is 0 Å². The first kappa shape index (κ1) is 21.6. The summed E-state index contributed by atoms with van der Waals surface area (Å²) in [5.41, 5.74) is 7.49. The van der Waals surface area contributed by atoms with E-state index in [9.17, 15) is 14.4 Å². The van der Waals surface area contributed by atoms with Crippen LogP contribution < -0.4 is 20.9 Å². The highest BCUT2D eigenvalue weighted by Crippen LogP contribution is 2.14. The molecule has 0 unspecified atom stereocenters. The van der Waals surface area contributed by atoms with Gasteiger partial charge in [-0.1, -0.05) is 18.2 Å². The highest BCUT2D eigenvalue weighted by Gasteiger charge is 2.11. The molecule has 31 heavy (non-hydrogen) atoms. The molecule has 7 nitrogen and oxygen atoms in total. The number of rotatable bonds is 6. The molecule has 0 heterocycles. The van der Waals surface area contributed by atoms with Gasteiger partial charge >= 0.3 is 0 Å². The lowest BCUT2D eigenvalue weighted by Gasteiger charge is -2.10. The third-order valence-corrected chi connectivity index (χ3v) is 4.51. The first-order chi connectivity index (χ1) is 15.0. The van der Waals surface area contributed by atoms with Crippen molar-refractivity contribution in [3.8, 4) is 5.75 Å². The quantitative estimate of drug-likeness (QED) is 0.533. The van der Waals surface area contributed by atoms with E-state index >= 15 is 0 Å². The van der Waals surface area contributed by atoms with Crippen molar-refractivity contribution >= 4 is 23.4 Å². The number of carbonyl (C=O) groups is 3. The fourth-order valence-corrected chi connectivity index (χ4v) is 2.86. The number of carbonyl (C=O) groups excluding carboxylic acids is 3. The Bertz CT molecular complexity index is 1080. The van der Waals surface area contributed by atoms with Gasteiger partial charge in [-0.2, -0.15) is 0 Å². The van der Waals surface area contributed by atoms with E-state index in [2.05, 4.69) is 16.2 Å². The van der Waals surface area contributed by atoms with E-state index in [4.69, 9.17) is 4.74 Å². The summed E-state index contributed by atoms with van der Waals surface area (Å²) < 4.78 is 5.33. The molecule has 0 aliphatic rings. The normalized spacial score (nSPS) is 10.1. The van der Waals surface area contributed by atoms with Crippen molar-refractivity contribution in [2.75, 3.05) is 11.9 Å². The second kappa shape index (κ2) is 10.1. The first-order valence-electron chi connectivity index (χ1n) is 9.78. The van der Waals surface area contributed by atoms with E-state index in [-0.39, 0.29) is 5.91 Å². The van der Waals surface area contributed by atoms with Gasteiger partial charge in [0.2, 0.25) is 0 Å². The molecule has 0 radical (unpaired) electrons. The third-order valence-electron chi connectivity index (χ3n) is 4.51.